The van der Waals surface area contributed by atoms with Gasteiger partial charge in [0.05, 0.1) is 5.92 Å². The van der Waals surface area contributed by atoms with Crippen LogP contribution in [-0.4, -0.2) is 66.8 Å². The number of thiol groups is 1. The summed E-state index contributed by atoms with van der Waals surface area (Å²) in [5.74, 6) is 1.37. The third-order valence-electron chi connectivity index (χ3n) is 5.70. The number of rotatable bonds is 9. The standard InChI is InChI=1S/C25H40N2O4S/c1-17(2)20-15-21(18(3)14-22(20)30-13-12-26(6)7)31-24(29)19-8-10-27(11-9-19)23(28)16-25(4,5)32/h14-15,17,19,32H,8-13,16H2,1-7H3. The number of likely N-dealkylation sites (N-methyl/N-ethyl adjacent to an activating group) is 1. The van der Waals surface area contributed by atoms with Gasteiger partial charge in [-0.3, -0.25) is 9.59 Å². The van der Waals surface area contributed by atoms with Gasteiger partial charge >= 0.3 is 5.97 Å². The molecule has 1 aromatic rings. The van der Waals surface area contributed by atoms with Gasteiger partial charge in [-0.15, -0.1) is 0 Å². The normalized spacial score (nSPS) is 15.4. The molecule has 2 rings (SSSR count). The predicted octanol–water partition coefficient (Wildman–Crippen LogP) is 4.30. The Hall–Kier alpha value is -1.73. The van der Waals surface area contributed by atoms with Gasteiger partial charge in [-0.2, -0.15) is 12.6 Å². The molecule has 0 spiro atoms. The maximum absolute atomic E-state index is 12.9. The second-order valence-corrected chi connectivity index (χ2v) is 11.2. The molecule has 1 aromatic carbocycles. The van der Waals surface area contributed by atoms with E-state index in [0.29, 0.717) is 44.7 Å². The van der Waals surface area contributed by atoms with Crippen LogP contribution in [0.2, 0.25) is 0 Å². The molecule has 1 amide bonds. The summed E-state index contributed by atoms with van der Waals surface area (Å²) in [4.78, 5) is 29.2. The van der Waals surface area contributed by atoms with E-state index in [1.54, 1.807) is 0 Å². The largest absolute Gasteiger partial charge is 0.492 e. The number of piperidine rings is 1. The van der Waals surface area contributed by atoms with Crippen LogP contribution in [0.25, 0.3) is 0 Å². The predicted molar refractivity (Wildman–Crippen MR) is 132 cm³/mol. The van der Waals surface area contributed by atoms with Gasteiger partial charge in [0.15, 0.2) is 0 Å². The fraction of sp³-hybridized carbons (Fsp3) is 0.680. The third-order valence-corrected chi connectivity index (χ3v) is 5.86. The molecule has 1 fully saturated rings. The highest BCUT2D eigenvalue weighted by atomic mass is 32.1. The Kier molecular flexibility index (Phi) is 9.46. The van der Waals surface area contributed by atoms with E-state index in [2.05, 4.69) is 31.4 Å². The Morgan fingerprint density at radius 3 is 2.34 bits per heavy atom. The van der Waals surface area contributed by atoms with Gasteiger partial charge in [0.1, 0.15) is 18.1 Å². The van der Waals surface area contributed by atoms with Crippen molar-refractivity contribution < 1.29 is 19.1 Å². The van der Waals surface area contributed by atoms with Gasteiger partial charge in [0.2, 0.25) is 5.91 Å². The Balaban J connectivity index is 2.01. The molecule has 0 unspecified atom stereocenters. The summed E-state index contributed by atoms with van der Waals surface area (Å²) in [5, 5.41) is 0. The number of carbonyl (C=O) groups is 2. The van der Waals surface area contributed by atoms with Crippen LogP contribution < -0.4 is 9.47 Å². The second kappa shape index (κ2) is 11.4. The van der Waals surface area contributed by atoms with Crippen molar-refractivity contribution in [2.45, 2.75) is 64.5 Å². The van der Waals surface area contributed by atoms with E-state index in [1.165, 1.54) is 0 Å². The smallest absolute Gasteiger partial charge is 0.314 e. The van der Waals surface area contributed by atoms with E-state index in [-0.39, 0.29) is 28.5 Å². The van der Waals surface area contributed by atoms with Gasteiger partial charge in [-0.05, 0) is 57.5 Å². The van der Waals surface area contributed by atoms with E-state index in [9.17, 15) is 9.59 Å². The van der Waals surface area contributed by atoms with Crippen LogP contribution in [0.15, 0.2) is 12.1 Å². The minimum atomic E-state index is -0.332. The fourth-order valence-electron chi connectivity index (χ4n) is 3.74. The molecular formula is C25H40N2O4S. The number of hydrogen-bond donors (Lipinski definition) is 1. The first-order valence-corrected chi connectivity index (χ1v) is 12.0. The van der Waals surface area contributed by atoms with E-state index >= 15 is 0 Å². The molecule has 0 bridgehead atoms. The van der Waals surface area contributed by atoms with Crippen molar-refractivity contribution in [2.75, 3.05) is 40.3 Å². The first-order chi connectivity index (χ1) is 14.9. The number of hydrogen-bond acceptors (Lipinski definition) is 6. The number of benzene rings is 1. The molecule has 1 heterocycles. The van der Waals surface area contributed by atoms with Crippen LogP contribution in [0, 0.1) is 12.8 Å². The number of aryl methyl sites for hydroxylation is 1. The molecule has 6 nitrogen and oxygen atoms in total. The molecule has 0 saturated carbocycles. The number of amides is 1. The lowest BCUT2D eigenvalue weighted by molar-refractivity contribution is -0.143. The van der Waals surface area contributed by atoms with Crippen LogP contribution in [0.5, 0.6) is 11.5 Å². The molecule has 0 aromatic heterocycles. The Morgan fingerprint density at radius 1 is 1.19 bits per heavy atom. The van der Waals surface area contributed by atoms with Crippen molar-refractivity contribution in [3.8, 4) is 11.5 Å². The first kappa shape index (κ1) is 26.5. The zero-order valence-corrected chi connectivity index (χ0v) is 21.6. The SMILES string of the molecule is Cc1cc(OCCN(C)C)c(C(C)C)cc1OC(=O)C1CCN(C(=O)CC(C)(C)S)CC1. The van der Waals surface area contributed by atoms with Gasteiger partial charge in [0.25, 0.3) is 0 Å². The van der Waals surface area contributed by atoms with E-state index in [1.807, 2.05) is 51.9 Å². The van der Waals surface area contributed by atoms with E-state index in [4.69, 9.17) is 9.47 Å². The van der Waals surface area contributed by atoms with Gasteiger partial charge in [-0.1, -0.05) is 27.7 Å². The molecular weight excluding hydrogens is 424 g/mol. The molecule has 0 radical (unpaired) electrons. The van der Waals surface area contributed by atoms with Gasteiger partial charge in [0, 0.05) is 36.4 Å². The topological polar surface area (TPSA) is 59.1 Å². The van der Waals surface area contributed by atoms with Crippen LogP contribution in [0.3, 0.4) is 0 Å². The molecule has 0 N–H and O–H groups in total. The fourth-order valence-corrected chi connectivity index (χ4v) is 3.88. The molecule has 0 aliphatic carbocycles. The molecule has 1 aliphatic heterocycles. The monoisotopic (exact) mass is 464 g/mol. The minimum absolute atomic E-state index is 0.0964. The zero-order valence-electron chi connectivity index (χ0n) is 20.7. The van der Waals surface area contributed by atoms with Crippen molar-refractivity contribution in [1.29, 1.82) is 0 Å². The maximum atomic E-state index is 12.9. The minimum Gasteiger partial charge on any atom is -0.492 e. The molecule has 7 heteroatoms. The summed E-state index contributed by atoms with van der Waals surface area (Å²) < 4.78 is 11.5. The third kappa shape index (κ3) is 8.00. The highest BCUT2D eigenvalue weighted by Crippen LogP contribution is 2.34. The summed E-state index contributed by atoms with van der Waals surface area (Å²) in [6.45, 7) is 12.6. The van der Waals surface area contributed by atoms with Crippen LogP contribution in [0.1, 0.15) is 64.0 Å². The van der Waals surface area contributed by atoms with Crippen molar-refractivity contribution in [3.63, 3.8) is 0 Å². The van der Waals surface area contributed by atoms with Gasteiger partial charge in [-0.25, -0.2) is 0 Å². The number of esters is 1. The number of ether oxygens (including phenoxy) is 2. The first-order valence-electron chi connectivity index (χ1n) is 11.5. The summed E-state index contributed by atoms with van der Waals surface area (Å²) in [5.41, 5.74) is 1.91. The highest BCUT2D eigenvalue weighted by Gasteiger charge is 2.30. The number of nitrogens with zero attached hydrogens (tertiary/aromatic N) is 2. The Bertz CT molecular complexity index is 794. The van der Waals surface area contributed by atoms with E-state index in [0.717, 1.165) is 23.4 Å². The van der Waals surface area contributed by atoms with Crippen molar-refractivity contribution in [3.05, 3.63) is 23.3 Å². The molecule has 180 valence electrons. The summed E-state index contributed by atoms with van der Waals surface area (Å²) in [6, 6.07) is 3.91. The maximum Gasteiger partial charge on any atom is 0.314 e. The number of likely N-dealkylation sites (tertiary alicyclic amines) is 1. The summed E-state index contributed by atoms with van der Waals surface area (Å²) in [7, 11) is 4.03. The lowest BCUT2D eigenvalue weighted by Crippen LogP contribution is -2.42. The van der Waals surface area contributed by atoms with Crippen LogP contribution in [0.4, 0.5) is 0 Å². The average molecular weight is 465 g/mol. The lowest BCUT2D eigenvalue weighted by Gasteiger charge is -2.32. The lowest BCUT2D eigenvalue weighted by atomic mass is 9.96. The highest BCUT2D eigenvalue weighted by molar-refractivity contribution is 7.81. The average Bonchev–Trinajstić information content (AvgIpc) is 2.68. The Morgan fingerprint density at radius 2 is 1.81 bits per heavy atom. The summed E-state index contributed by atoms with van der Waals surface area (Å²) in [6.07, 6.45) is 1.64. The molecule has 1 aliphatic rings. The van der Waals surface area contributed by atoms with Gasteiger partial charge < -0.3 is 19.3 Å². The Labute approximate surface area is 199 Å². The quantitative estimate of drug-likeness (QED) is 0.335. The number of carbonyl (C=O) groups excluding carboxylic acids is 2. The van der Waals surface area contributed by atoms with E-state index < -0.39 is 0 Å². The second-order valence-electron chi connectivity index (χ2n) is 10.0. The van der Waals surface area contributed by atoms with Crippen molar-refractivity contribution in [1.82, 2.24) is 9.80 Å². The zero-order chi connectivity index (χ0) is 24.1. The summed E-state index contributed by atoms with van der Waals surface area (Å²) >= 11 is 4.45. The molecule has 32 heavy (non-hydrogen) atoms. The molecule has 0 atom stereocenters. The van der Waals surface area contributed by atoms with Crippen molar-refractivity contribution in [2.24, 2.45) is 5.92 Å². The van der Waals surface area contributed by atoms with Crippen LogP contribution >= 0.6 is 12.6 Å². The van der Waals surface area contributed by atoms with Crippen LogP contribution in [-0.2, 0) is 9.59 Å². The van der Waals surface area contributed by atoms with Crippen molar-refractivity contribution >= 4 is 24.5 Å². The molecule has 1 saturated heterocycles.